The Balaban J connectivity index is 2.68. The van der Waals surface area contributed by atoms with E-state index in [4.69, 9.17) is 5.73 Å². The van der Waals surface area contributed by atoms with Gasteiger partial charge in [0, 0.05) is 6.54 Å². The highest BCUT2D eigenvalue weighted by Gasteiger charge is 2.37. The van der Waals surface area contributed by atoms with Crippen molar-refractivity contribution in [3.05, 3.63) is 0 Å². The van der Waals surface area contributed by atoms with Gasteiger partial charge in [-0.1, -0.05) is 33.1 Å². The quantitative estimate of drug-likeness (QED) is 0.768. The first kappa shape index (κ1) is 16.0. The van der Waals surface area contributed by atoms with Crippen molar-refractivity contribution < 1.29 is 14.7 Å². The molecule has 5 nitrogen and oxygen atoms in total. The molecule has 0 aromatic rings. The summed E-state index contributed by atoms with van der Waals surface area (Å²) in [6, 6.07) is -1.25. The predicted octanol–water partition coefficient (Wildman–Crippen LogP) is 1.61. The Morgan fingerprint density at radius 2 is 2.11 bits per heavy atom. The van der Waals surface area contributed by atoms with Crippen LogP contribution in [0, 0.1) is 5.92 Å². The first-order chi connectivity index (χ1) is 9.01. The van der Waals surface area contributed by atoms with Gasteiger partial charge in [0.25, 0.3) is 0 Å². The Morgan fingerprint density at radius 1 is 1.42 bits per heavy atom. The molecule has 0 radical (unpaired) electrons. The lowest BCUT2D eigenvalue weighted by molar-refractivity contribution is -0.153. The third-order valence-corrected chi connectivity index (χ3v) is 4.04. The molecule has 1 amide bonds. The summed E-state index contributed by atoms with van der Waals surface area (Å²) >= 11 is 0. The first-order valence-electron chi connectivity index (χ1n) is 7.30. The zero-order valence-electron chi connectivity index (χ0n) is 12.0. The predicted molar refractivity (Wildman–Crippen MR) is 73.7 cm³/mol. The van der Waals surface area contributed by atoms with Crippen molar-refractivity contribution in [3.63, 3.8) is 0 Å². The van der Waals surface area contributed by atoms with Crippen LogP contribution < -0.4 is 5.73 Å². The number of carbonyl (C=O) groups excluding carboxylic acids is 1. The highest BCUT2D eigenvalue weighted by Crippen LogP contribution is 2.26. The van der Waals surface area contributed by atoms with Crippen LogP contribution in [0.5, 0.6) is 0 Å². The highest BCUT2D eigenvalue weighted by atomic mass is 16.4. The van der Waals surface area contributed by atoms with E-state index in [0.29, 0.717) is 25.3 Å². The van der Waals surface area contributed by atoms with Gasteiger partial charge in [-0.05, 0) is 25.2 Å². The fraction of sp³-hybridized carbons (Fsp3) is 0.857. The van der Waals surface area contributed by atoms with E-state index in [-0.39, 0.29) is 5.91 Å². The molecule has 5 heteroatoms. The molecule has 1 rings (SSSR count). The molecular weight excluding hydrogens is 244 g/mol. The Kier molecular flexibility index (Phi) is 6.28. The molecule has 1 saturated heterocycles. The Labute approximate surface area is 115 Å². The summed E-state index contributed by atoms with van der Waals surface area (Å²) in [6.45, 7) is 4.63. The number of likely N-dealkylation sites (tertiary alicyclic amines) is 1. The van der Waals surface area contributed by atoms with E-state index < -0.39 is 18.1 Å². The maximum atomic E-state index is 12.3. The second kappa shape index (κ2) is 7.48. The van der Waals surface area contributed by atoms with Crippen molar-refractivity contribution in [2.75, 3.05) is 6.54 Å². The van der Waals surface area contributed by atoms with Crippen LogP contribution in [0.4, 0.5) is 0 Å². The molecule has 0 spiro atoms. The van der Waals surface area contributed by atoms with Gasteiger partial charge in [0.15, 0.2) is 0 Å². The van der Waals surface area contributed by atoms with Gasteiger partial charge in [-0.2, -0.15) is 0 Å². The Morgan fingerprint density at radius 3 is 2.63 bits per heavy atom. The summed E-state index contributed by atoms with van der Waals surface area (Å²) < 4.78 is 0. The van der Waals surface area contributed by atoms with Crippen molar-refractivity contribution >= 4 is 11.9 Å². The molecule has 0 aromatic carbocycles. The van der Waals surface area contributed by atoms with Gasteiger partial charge in [-0.25, -0.2) is 4.79 Å². The lowest BCUT2D eigenvalue weighted by Gasteiger charge is -2.38. The summed E-state index contributed by atoms with van der Waals surface area (Å²) in [7, 11) is 0. The van der Waals surface area contributed by atoms with Crippen molar-refractivity contribution in [2.45, 2.75) is 64.5 Å². The van der Waals surface area contributed by atoms with Crippen LogP contribution in [0.25, 0.3) is 0 Å². The summed E-state index contributed by atoms with van der Waals surface area (Å²) in [5, 5.41) is 9.29. The standard InChI is InChI=1S/C14H26N2O3/c1-3-5-6-11(15)13(17)16-8-7-10(4-2)9-12(16)14(18)19/h10-12H,3-9,15H2,1-2H3,(H,18,19). The zero-order valence-corrected chi connectivity index (χ0v) is 12.0. The average molecular weight is 270 g/mol. The third kappa shape index (κ3) is 4.20. The van der Waals surface area contributed by atoms with Crippen LogP contribution in [-0.2, 0) is 9.59 Å². The normalized spacial score (nSPS) is 25.1. The molecule has 0 aliphatic carbocycles. The number of carboxylic acid groups (broad SMARTS) is 1. The molecule has 0 aromatic heterocycles. The van der Waals surface area contributed by atoms with Crippen LogP contribution in [0.15, 0.2) is 0 Å². The van der Waals surface area contributed by atoms with Crippen molar-refractivity contribution in [1.82, 2.24) is 4.90 Å². The van der Waals surface area contributed by atoms with Gasteiger partial charge in [0.2, 0.25) is 5.91 Å². The number of unbranched alkanes of at least 4 members (excludes halogenated alkanes) is 1. The van der Waals surface area contributed by atoms with Gasteiger partial charge < -0.3 is 15.7 Å². The second-order valence-corrected chi connectivity index (χ2v) is 5.43. The molecule has 19 heavy (non-hydrogen) atoms. The average Bonchev–Trinajstić information content (AvgIpc) is 2.43. The smallest absolute Gasteiger partial charge is 0.326 e. The van der Waals surface area contributed by atoms with Crippen molar-refractivity contribution in [3.8, 4) is 0 Å². The van der Waals surface area contributed by atoms with Crippen LogP contribution >= 0.6 is 0 Å². The Bertz CT molecular complexity index is 320. The van der Waals surface area contributed by atoms with E-state index in [0.717, 1.165) is 25.7 Å². The summed E-state index contributed by atoms with van der Waals surface area (Å²) in [5.74, 6) is -0.707. The van der Waals surface area contributed by atoms with E-state index in [2.05, 4.69) is 6.92 Å². The molecule has 1 aliphatic heterocycles. The molecule has 3 N–H and O–H groups in total. The second-order valence-electron chi connectivity index (χ2n) is 5.43. The molecule has 3 atom stereocenters. The molecule has 1 aliphatic rings. The molecule has 1 heterocycles. The van der Waals surface area contributed by atoms with Gasteiger partial charge in [-0.15, -0.1) is 0 Å². The number of rotatable bonds is 6. The van der Waals surface area contributed by atoms with E-state index in [1.165, 1.54) is 4.90 Å². The SMILES string of the molecule is CCCCC(N)C(=O)N1CCC(CC)CC1C(=O)O. The van der Waals surface area contributed by atoms with E-state index in [1.54, 1.807) is 0 Å². The Hall–Kier alpha value is -1.10. The topological polar surface area (TPSA) is 83.6 Å². The monoisotopic (exact) mass is 270 g/mol. The van der Waals surface area contributed by atoms with Crippen LogP contribution in [-0.4, -0.2) is 40.5 Å². The molecule has 110 valence electrons. The van der Waals surface area contributed by atoms with Crippen LogP contribution in [0.3, 0.4) is 0 Å². The van der Waals surface area contributed by atoms with E-state index in [9.17, 15) is 14.7 Å². The van der Waals surface area contributed by atoms with Crippen molar-refractivity contribution in [2.24, 2.45) is 11.7 Å². The molecular formula is C14H26N2O3. The maximum Gasteiger partial charge on any atom is 0.326 e. The van der Waals surface area contributed by atoms with E-state index >= 15 is 0 Å². The number of aliphatic carboxylic acids is 1. The largest absolute Gasteiger partial charge is 0.480 e. The number of hydrogen-bond donors (Lipinski definition) is 2. The minimum absolute atomic E-state index is 0.199. The van der Waals surface area contributed by atoms with Crippen LogP contribution in [0.1, 0.15) is 52.4 Å². The number of carboxylic acids is 1. The number of carbonyl (C=O) groups is 2. The minimum atomic E-state index is -0.908. The number of nitrogens with zero attached hydrogens (tertiary/aromatic N) is 1. The van der Waals surface area contributed by atoms with Gasteiger partial charge >= 0.3 is 5.97 Å². The van der Waals surface area contributed by atoms with Gasteiger partial charge in [0.1, 0.15) is 6.04 Å². The lowest BCUT2D eigenvalue weighted by Crippen LogP contribution is -2.54. The number of nitrogens with two attached hydrogens (primary N) is 1. The zero-order chi connectivity index (χ0) is 14.4. The minimum Gasteiger partial charge on any atom is -0.480 e. The molecule has 3 unspecified atom stereocenters. The van der Waals surface area contributed by atoms with E-state index in [1.807, 2.05) is 6.92 Å². The lowest BCUT2D eigenvalue weighted by atomic mass is 9.88. The molecule has 0 saturated carbocycles. The van der Waals surface area contributed by atoms with Crippen LogP contribution in [0.2, 0.25) is 0 Å². The summed E-state index contributed by atoms with van der Waals surface area (Å²) in [4.78, 5) is 25.1. The number of amides is 1. The fourth-order valence-electron chi connectivity index (χ4n) is 2.67. The van der Waals surface area contributed by atoms with Gasteiger partial charge in [-0.3, -0.25) is 4.79 Å². The highest BCUT2D eigenvalue weighted by molar-refractivity contribution is 5.87. The first-order valence-corrected chi connectivity index (χ1v) is 7.30. The summed E-state index contributed by atoms with van der Waals surface area (Å²) in [6.07, 6.45) is 4.92. The number of piperidine rings is 1. The van der Waals surface area contributed by atoms with Gasteiger partial charge in [0.05, 0.1) is 6.04 Å². The fourth-order valence-corrected chi connectivity index (χ4v) is 2.67. The molecule has 1 fully saturated rings. The van der Waals surface area contributed by atoms with Crippen molar-refractivity contribution in [1.29, 1.82) is 0 Å². The number of hydrogen-bond acceptors (Lipinski definition) is 3. The summed E-state index contributed by atoms with van der Waals surface area (Å²) in [5.41, 5.74) is 5.88. The molecule has 0 bridgehead atoms. The third-order valence-electron chi connectivity index (χ3n) is 4.04. The maximum absolute atomic E-state index is 12.3.